The minimum Gasteiger partial charge on any atom is -0.273 e. The lowest BCUT2D eigenvalue weighted by molar-refractivity contribution is -0.142. The highest BCUT2D eigenvalue weighted by Gasteiger charge is 2.10. The smallest absolute Gasteiger partial charge is 0.254 e. The number of hydrogen-bond donors (Lipinski definition) is 1. The second kappa shape index (κ2) is 3.58. The molecule has 0 radical (unpaired) electrons. The molecule has 0 aromatic carbocycles. The van der Waals surface area contributed by atoms with Crippen molar-refractivity contribution in [2.45, 2.75) is 6.92 Å². The van der Waals surface area contributed by atoms with Crippen LogP contribution in [0.2, 0.25) is 0 Å². The molecule has 0 aliphatic heterocycles. The van der Waals surface area contributed by atoms with Gasteiger partial charge in [0.25, 0.3) is 5.91 Å². The quantitative estimate of drug-likeness (QED) is 0.268. The molecule has 0 aliphatic rings. The maximum atomic E-state index is 10.5. The summed E-state index contributed by atoms with van der Waals surface area (Å²) >= 11 is 2.86. The Balaban J connectivity index is 3.88. The fourth-order valence-electron chi connectivity index (χ4n) is 0.240. The summed E-state index contributed by atoms with van der Waals surface area (Å²) in [7, 11) is 0. The molecule has 52 valence electrons. The lowest BCUT2D eigenvalue weighted by Crippen LogP contribution is -2.41. The Labute approximate surface area is 61.1 Å². The first-order chi connectivity index (χ1) is 4.09. The maximum absolute atomic E-state index is 10.5. The third-order valence-corrected chi connectivity index (χ3v) is 1.20. The molecular weight excluding hydrogens is 188 g/mol. The number of hydrogen-bond acceptors (Lipinski definition) is 3. The fourth-order valence-corrected chi connectivity index (χ4v) is 0.510. The van der Waals surface area contributed by atoms with Crippen molar-refractivity contribution in [1.29, 1.82) is 0 Å². The number of carbonyl (C=O) groups excluding carboxylic acids is 2. The van der Waals surface area contributed by atoms with Crippen LogP contribution >= 0.6 is 15.9 Å². The van der Waals surface area contributed by atoms with Crippen molar-refractivity contribution < 1.29 is 9.59 Å². The van der Waals surface area contributed by atoms with Crippen LogP contribution < -0.4 is 5.84 Å². The van der Waals surface area contributed by atoms with E-state index in [1.54, 1.807) is 0 Å². The molecule has 9 heavy (non-hydrogen) atoms. The fraction of sp³-hybridized carbons (Fsp3) is 0.500. The Morgan fingerprint density at radius 3 is 2.22 bits per heavy atom. The Morgan fingerprint density at radius 2 is 2.11 bits per heavy atom. The number of alkyl halides is 1. The Morgan fingerprint density at radius 1 is 1.67 bits per heavy atom. The van der Waals surface area contributed by atoms with Crippen LogP contribution in [0.25, 0.3) is 0 Å². The molecular formula is C4H7BrN2O2. The van der Waals surface area contributed by atoms with E-state index in [9.17, 15) is 9.59 Å². The molecule has 0 atom stereocenters. The molecule has 0 bridgehead atoms. The topological polar surface area (TPSA) is 63.4 Å². The standard InChI is InChI=1S/C4H7BrN2O2/c1-3(8)7(6)4(9)2-5/h2,6H2,1H3. The van der Waals surface area contributed by atoms with Crippen LogP contribution in [0.15, 0.2) is 0 Å². The molecule has 4 nitrogen and oxygen atoms in total. The van der Waals surface area contributed by atoms with Crippen molar-refractivity contribution in [3.05, 3.63) is 0 Å². The minimum atomic E-state index is -0.459. The normalized spacial score (nSPS) is 8.78. The predicted octanol–water partition coefficient (Wildman–Crippen LogP) is -0.370. The van der Waals surface area contributed by atoms with Gasteiger partial charge in [0.1, 0.15) is 0 Å². The number of nitrogens with zero attached hydrogens (tertiary/aromatic N) is 1. The van der Waals surface area contributed by atoms with Gasteiger partial charge in [-0.2, -0.15) is 0 Å². The zero-order chi connectivity index (χ0) is 7.44. The van der Waals surface area contributed by atoms with Gasteiger partial charge in [-0.15, -0.1) is 0 Å². The van der Waals surface area contributed by atoms with Crippen molar-refractivity contribution in [3.63, 3.8) is 0 Å². The van der Waals surface area contributed by atoms with Gasteiger partial charge in [0.05, 0.1) is 5.33 Å². The van der Waals surface area contributed by atoms with Crippen molar-refractivity contribution in [1.82, 2.24) is 5.01 Å². The molecule has 0 aromatic rings. The van der Waals surface area contributed by atoms with Gasteiger partial charge >= 0.3 is 0 Å². The molecule has 0 saturated heterocycles. The average molecular weight is 195 g/mol. The SMILES string of the molecule is CC(=O)N(N)C(=O)CBr. The summed E-state index contributed by atoms with van der Waals surface area (Å²) in [5.74, 6) is 4.07. The van der Waals surface area contributed by atoms with E-state index in [2.05, 4.69) is 15.9 Å². The lowest BCUT2D eigenvalue weighted by Gasteiger charge is -2.08. The average Bonchev–Trinajstić information content (AvgIpc) is 1.84. The Hall–Kier alpha value is -0.420. The molecule has 2 N–H and O–H groups in total. The highest BCUT2D eigenvalue weighted by Crippen LogP contribution is 1.86. The molecule has 0 saturated carbocycles. The van der Waals surface area contributed by atoms with E-state index < -0.39 is 11.8 Å². The Kier molecular flexibility index (Phi) is 3.41. The number of rotatable bonds is 1. The van der Waals surface area contributed by atoms with Gasteiger partial charge in [-0.1, -0.05) is 15.9 Å². The third-order valence-electron chi connectivity index (χ3n) is 0.722. The highest BCUT2D eigenvalue weighted by atomic mass is 79.9. The van der Waals surface area contributed by atoms with Crippen LogP contribution in [0.4, 0.5) is 0 Å². The molecule has 0 aliphatic carbocycles. The van der Waals surface area contributed by atoms with Crippen molar-refractivity contribution >= 4 is 27.7 Å². The number of hydrazine groups is 1. The number of amides is 2. The molecule has 0 heterocycles. The zero-order valence-corrected chi connectivity index (χ0v) is 6.51. The predicted molar refractivity (Wildman–Crippen MR) is 35.5 cm³/mol. The maximum Gasteiger partial charge on any atom is 0.254 e. The summed E-state index contributed by atoms with van der Waals surface area (Å²) in [6.45, 7) is 1.22. The molecule has 0 fully saturated rings. The number of nitrogens with two attached hydrogens (primary N) is 1. The second-order valence-corrected chi connectivity index (χ2v) is 1.98. The monoisotopic (exact) mass is 194 g/mol. The van der Waals surface area contributed by atoms with Crippen LogP contribution in [-0.2, 0) is 9.59 Å². The molecule has 0 rings (SSSR count). The largest absolute Gasteiger partial charge is 0.273 e. The van der Waals surface area contributed by atoms with Crippen LogP contribution in [0.1, 0.15) is 6.92 Å². The van der Waals surface area contributed by atoms with E-state index in [0.29, 0.717) is 5.01 Å². The van der Waals surface area contributed by atoms with Gasteiger partial charge in [0.2, 0.25) is 5.91 Å². The summed E-state index contributed by atoms with van der Waals surface area (Å²) in [5, 5.41) is 0.637. The van der Waals surface area contributed by atoms with Crippen LogP contribution in [0.5, 0.6) is 0 Å². The van der Waals surface area contributed by atoms with Gasteiger partial charge in [0.15, 0.2) is 0 Å². The molecule has 2 amide bonds. The van der Waals surface area contributed by atoms with Gasteiger partial charge in [-0.25, -0.2) is 10.9 Å². The van der Waals surface area contributed by atoms with E-state index >= 15 is 0 Å². The first-order valence-corrected chi connectivity index (χ1v) is 3.36. The van der Waals surface area contributed by atoms with Crippen LogP contribution in [0, 0.1) is 0 Å². The number of carbonyl (C=O) groups is 2. The molecule has 0 spiro atoms. The second-order valence-electron chi connectivity index (χ2n) is 1.42. The summed E-state index contributed by atoms with van der Waals surface area (Å²) in [5.41, 5.74) is 0. The first-order valence-electron chi connectivity index (χ1n) is 2.23. The van der Waals surface area contributed by atoms with Crippen molar-refractivity contribution in [2.24, 2.45) is 5.84 Å². The number of halogens is 1. The van der Waals surface area contributed by atoms with E-state index in [4.69, 9.17) is 5.84 Å². The van der Waals surface area contributed by atoms with Crippen molar-refractivity contribution in [3.8, 4) is 0 Å². The van der Waals surface area contributed by atoms with Crippen molar-refractivity contribution in [2.75, 3.05) is 5.33 Å². The summed E-state index contributed by atoms with van der Waals surface area (Å²) in [6.07, 6.45) is 0. The van der Waals surface area contributed by atoms with E-state index in [1.807, 2.05) is 0 Å². The highest BCUT2D eigenvalue weighted by molar-refractivity contribution is 9.09. The van der Waals surface area contributed by atoms with Gasteiger partial charge in [-0.3, -0.25) is 9.59 Å². The van der Waals surface area contributed by atoms with E-state index in [-0.39, 0.29) is 5.33 Å². The first kappa shape index (κ1) is 8.58. The van der Waals surface area contributed by atoms with E-state index in [1.165, 1.54) is 6.92 Å². The van der Waals surface area contributed by atoms with Gasteiger partial charge in [0, 0.05) is 6.92 Å². The summed E-state index contributed by atoms with van der Waals surface area (Å²) in [4.78, 5) is 20.8. The van der Waals surface area contributed by atoms with E-state index in [0.717, 1.165) is 0 Å². The summed E-state index contributed by atoms with van der Waals surface area (Å²) in [6, 6.07) is 0. The lowest BCUT2D eigenvalue weighted by atomic mass is 10.6. The minimum absolute atomic E-state index is 0.0725. The molecule has 5 heteroatoms. The zero-order valence-electron chi connectivity index (χ0n) is 4.93. The Bertz CT molecular complexity index is 137. The van der Waals surface area contributed by atoms with Gasteiger partial charge in [-0.05, 0) is 0 Å². The summed E-state index contributed by atoms with van der Waals surface area (Å²) < 4.78 is 0. The molecule has 0 aromatic heterocycles. The third kappa shape index (κ3) is 2.57. The molecule has 0 unspecified atom stereocenters. The van der Waals surface area contributed by atoms with Crippen LogP contribution in [0.3, 0.4) is 0 Å². The number of imide groups is 1. The van der Waals surface area contributed by atoms with Gasteiger partial charge < -0.3 is 0 Å². The van der Waals surface area contributed by atoms with Crippen LogP contribution in [-0.4, -0.2) is 22.2 Å².